The molecule has 1 aliphatic rings. The normalized spacial score (nSPS) is 15.5. The molecule has 0 aromatic rings. The zero-order valence-electron chi connectivity index (χ0n) is 14.2. The van der Waals surface area contributed by atoms with E-state index in [4.69, 9.17) is 5.11 Å². The predicted octanol–water partition coefficient (Wildman–Crippen LogP) is 2.90. The summed E-state index contributed by atoms with van der Waals surface area (Å²) >= 11 is 0. The van der Waals surface area contributed by atoms with Crippen LogP contribution < -0.4 is 0 Å². The number of nitrogens with zero attached hydrogens (tertiary/aromatic N) is 2. The second kappa shape index (κ2) is 12.3. The van der Waals surface area contributed by atoms with E-state index >= 15 is 0 Å². The Hall–Kier alpha value is -1.14. The fourth-order valence-electron chi connectivity index (χ4n) is 2.96. The van der Waals surface area contributed by atoms with Gasteiger partial charge >= 0.3 is 5.97 Å². The lowest BCUT2D eigenvalue weighted by molar-refractivity contribution is -0.167. The molecule has 0 radical (unpaired) electrons. The molecule has 6 nitrogen and oxygen atoms in total. The summed E-state index contributed by atoms with van der Waals surface area (Å²) in [4.78, 5) is 24.5. The molecule has 1 rings (SSSR count). The average Bonchev–Trinajstić information content (AvgIpc) is 2.55. The Morgan fingerprint density at radius 2 is 1.48 bits per heavy atom. The first-order valence-electron chi connectivity index (χ1n) is 9.03. The van der Waals surface area contributed by atoms with E-state index in [-0.39, 0.29) is 18.9 Å². The molecular formula is C17H32N2O4. The number of piperidine rings is 1. The van der Waals surface area contributed by atoms with Gasteiger partial charge in [-0.25, -0.2) is 5.06 Å². The first-order valence-corrected chi connectivity index (χ1v) is 9.03. The maximum Gasteiger partial charge on any atom is 0.305 e. The molecule has 6 heteroatoms. The van der Waals surface area contributed by atoms with Crippen LogP contribution in [0.4, 0.5) is 0 Å². The fourth-order valence-corrected chi connectivity index (χ4v) is 2.96. The number of unbranched alkanes of at least 4 members (excludes halogenated alkanes) is 5. The second-order valence-corrected chi connectivity index (χ2v) is 6.43. The average molecular weight is 328 g/mol. The molecule has 1 amide bonds. The van der Waals surface area contributed by atoms with Crippen molar-refractivity contribution in [1.82, 2.24) is 9.96 Å². The van der Waals surface area contributed by atoms with E-state index in [9.17, 15) is 14.8 Å². The number of carbonyl (C=O) groups excluding carboxylic acids is 1. The van der Waals surface area contributed by atoms with Gasteiger partial charge in [0.1, 0.15) is 0 Å². The van der Waals surface area contributed by atoms with Crippen LogP contribution in [-0.4, -0.2) is 58.3 Å². The van der Waals surface area contributed by atoms with Crippen molar-refractivity contribution in [2.75, 3.05) is 26.2 Å². The van der Waals surface area contributed by atoms with Crippen molar-refractivity contribution < 1.29 is 19.9 Å². The molecule has 134 valence electrons. The Kier molecular flexibility index (Phi) is 10.6. The monoisotopic (exact) mass is 328 g/mol. The SMILES string of the molecule is O=C(O)CCN(O)C(=O)CCCCCCCCN1CCCCC1. The number of carbonyl (C=O) groups is 2. The molecule has 1 aliphatic heterocycles. The molecule has 0 atom stereocenters. The zero-order chi connectivity index (χ0) is 16.9. The maximum absolute atomic E-state index is 11.5. The van der Waals surface area contributed by atoms with Crippen molar-refractivity contribution in [2.24, 2.45) is 0 Å². The van der Waals surface area contributed by atoms with Crippen LogP contribution in [0.2, 0.25) is 0 Å². The maximum atomic E-state index is 11.5. The van der Waals surface area contributed by atoms with Gasteiger partial charge in [-0.1, -0.05) is 32.1 Å². The van der Waals surface area contributed by atoms with Gasteiger partial charge in [0.25, 0.3) is 0 Å². The molecule has 1 heterocycles. The van der Waals surface area contributed by atoms with Gasteiger partial charge in [-0.15, -0.1) is 0 Å². The van der Waals surface area contributed by atoms with Crippen molar-refractivity contribution in [3.8, 4) is 0 Å². The highest BCUT2D eigenvalue weighted by Gasteiger charge is 2.12. The molecule has 0 aromatic carbocycles. The molecular weight excluding hydrogens is 296 g/mol. The molecule has 0 bridgehead atoms. The molecule has 2 N–H and O–H groups in total. The Morgan fingerprint density at radius 3 is 2.13 bits per heavy atom. The van der Waals surface area contributed by atoms with Gasteiger partial charge in [0.05, 0.1) is 13.0 Å². The summed E-state index contributed by atoms with van der Waals surface area (Å²) in [6.07, 6.45) is 10.7. The molecule has 0 unspecified atom stereocenters. The highest BCUT2D eigenvalue weighted by atomic mass is 16.5. The van der Waals surface area contributed by atoms with Crippen LogP contribution in [0.1, 0.15) is 70.6 Å². The summed E-state index contributed by atoms with van der Waals surface area (Å²) in [5, 5.41) is 18.4. The molecule has 1 fully saturated rings. The highest BCUT2D eigenvalue weighted by Crippen LogP contribution is 2.12. The number of amides is 1. The number of aliphatic carboxylic acids is 1. The number of carboxylic acids is 1. The third-order valence-corrected chi connectivity index (χ3v) is 4.39. The second-order valence-electron chi connectivity index (χ2n) is 6.43. The quantitative estimate of drug-likeness (QED) is 0.327. The van der Waals surface area contributed by atoms with E-state index in [0.717, 1.165) is 19.3 Å². The van der Waals surface area contributed by atoms with Crippen molar-refractivity contribution in [3.63, 3.8) is 0 Å². The minimum Gasteiger partial charge on any atom is -0.481 e. The van der Waals surface area contributed by atoms with E-state index < -0.39 is 5.97 Å². The van der Waals surface area contributed by atoms with Gasteiger partial charge in [0.2, 0.25) is 5.91 Å². The van der Waals surface area contributed by atoms with Crippen molar-refractivity contribution in [3.05, 3.63) is 0 Å². The largest absolute Gasteiger partial charge is 0.481 e. The number of rotatable bonds is 12. The first kappa shape index (κ1) is 19.9. The number of hydrogen-bond donors (Lipinski definition) is 2. The smallest absolute Gasteiger partial charge is 0.305 e. The lowest BCUT2D eigenvalue weighted by Crippen LogP contribution is -2.30. The molecule has 0 aliphatic carbocycles. The summed E-state index contributed by atoms with van der Waals surface area (Å²) in [5.74, 6) is -1.39. The van der Waals surface area contributed by atoms with Crippen molar-refractivity contribution >= 4 is 11.9 Å². The van der Waals surface area contributed by atoms with Crippen LogP contribution in [-0.2, 0) is 9.59 Å². The van der Waals surface area contributed by atoms with Crippen LogP contribution in [0.5, 0.6) is 0 Å². The van der Waals surface area contributed by atoms with Gasteiger partial charge < -0.3 is 10.0 Å². The molecule has 1 saturated heterocycles. The van der Waals surface area contributed by atoms with Crippen LogP contribution in [0.15, 0.2) is 0 Å². The van der Waals surface area contributed by atoms with Crippen LogP contribution in [0, 0.1) is 0 Å². The van der Waals surface area contributed by atoms with Crippen LogP contribution in [0.3, 0.4) is 0 Å². The number of likely N-dealkylation sites (tertiary alicyclic amines) is 1. The van der Waals surface area contributed by atoms with Gasteiger partial charge in [0, 0.05) is 6.42 Å². The standard InChI is InChI=1S/C17H32N2O4/c20-16(19(23)15-11-17(21)22)10-6-3-1-2-4-7-12-18-13-8-5-9-14-18/h23H,1-15H2,(H,21,22). The Morgan fingerprint density at radius 1 is 0.870 bits per heavy atom. The minimum absolute atomic E-state index is 0.134. The summed E-state index contributed by atoms with van der Waals surface area (Å²) in [5.41, 5.74) is 0. The third kappa shape index (κ3) is 10.3. The Labute approximate surface area is 139 Å². The minimum atomic E-state index is -1.01. The summed E-state index contributed by atoms with van der Waals surface area (Å²) in [6, 6.07) is 0. The molecule has 0 saturated carbocycles. The van der Waals surface area contributed by atoms with E-state index in [1.54, 1.807) is 0 Å². The lowest BCUT2D eigenvalue weighted by atomic mass is 10.1. The topological polar surface area (TPSA) is 81.1 Å². The summed E-state index contributed by atoms with van der Waals surface area (Å²) < 4.78 is 0. The fraction of sp³-hybridized carbons (Fsp3) is 0.882. The lowest BCUT2D eigenvalue weighted by Gasteiger charge is -2.26. The Balaban J connectivity index is 1.88. The zero-order valence-corrected chi connectivity index (χ0v) is 14.2. The number of carboxylic acid groups (broad SMARTS) is 1. The van der Waals surface area contributed by atoms with Gasteiger partial charge in [0.15, 0.2) is 0 Å². The van der Waals surface area contributed by atoms with E-state index in [1.807, 2.05) is 0 Å². The van der Waals surface area contributed by atoms with Crippen molar-refractivity contribution in [1.29, 1.82) is 0 Å². The van der Waals surface area contributed by atoms with E-state index in [0.29, 0.717) is 11.5 Å². The van der Waals surface area contributed by atoms with Gasteiger partial charge in [-0.2, -0.15) is 0 Å². The number of hydrogen-bond acceptors (Lipinski definition) is 4. The molecule has 23 heavy (non-hydrogen) atoms. The van der Waals surface area contributed by atoms with Gasteiger partial charge in [-0.3, -0.25) is 14.8 Å². The summed E-state index contributed by atoms with van der Waals surface area (Å²) in [7, 11) is 0. The van der Waals surface area contributed by atoms with Crippen LogP contribution in [0.25, 0.3) is 0 Å². The third-order valence-electron chi connectivity index (χ3n) is 4.39. The van der Waals surface area contributed by atoms with E-state index in [2.05, 4.69) is 4.90 Å². The molecule has 0 aromatic heterocycles. The number of hydroxylamine groups is 2. The Bertz CT molecular complexity index is 343. The molecule has 0 spiro atoms. The van der Waals surface area contributed by atoms with Crippen molar-refractivity contribution in [2.45, 2.75) is 70.6 Å². The predicted molar refractivity (Wildman–Crippen MR) is 88.4 cm³/mol. The van der Waals surface area contributed by atoms with Gasteiger partial charge in [-0.05, 0) is 45.3 Å². The first-order chi connectivity index (χ1) is 11.1. The van der Waals surface area contributed by atoms with E-state index in [1.165, 1.54) is 58.2 Å². The highest BCUT2D eigenvalue weighted by molar-refractivity contribution is 5.75. The summed E-state index contributed by atoms with van der Waals surface area (Å²) in [6.45, 7) is 3.62. The van der Waals surface area contributed by atoms with Crippen LogP contribution >= 0.6 is 0 Å².